The largest absolute Gasteiger partial charge is 0.343 e. The minimum atomic E-state index is 0.397. The first-order valence-electron chi connectivity index (χ1n) is 6.23. The normalized spacial score (nSPS) is 27.1. The van der Waals surface area contributed by atoms with Crippen LogP contribution in [0.5, 0.6) is 0 Å². The van der Waals surface area contributed by atoms with Crippen LogP contribution in [0, 0.1) is 11.8 Å². The Kier molecular flexibility index (Phi) is 3.62. The Hall–Kier alpha value is -0.570. The van der Waals surface area contributed by atoms with Gasteiger partial charge in [0.15, 0.2) is 0 Å². The highest BCUT2D eigenvalue weighted by molar-refractivity contribution is 5.77. The molecule has 0 spiro atoms. The van der Waals surface area contributed by atoms with Gasteiger partial charge in [-0.05, 0) is 51.1 Å². The molecule has 2 aliphatic rings. The third-order valence-corrected chi connectivity index (χ3v) is 3.70. The lowest BCUT2D eigenvalue weighted by Crippen LogP contribution is -2.40. The fourth-order valence-electron chi connectivity index (χ4n) is 2.56. The minimum absolute atomic E-state index is 0.397. The van der Waals surface area contributed by atoms with Crippen LogP contribution in [-0.2, 0) is 4.79 Å². The van der Waals surface area contributed by atoms with Gasteiger partial charge in [0.2, 0.25) is 5.91 Å². The van der Waals surface area contributed by atoms with Crippen molar-refractivity contribution in [3.8, 4) is 0 Å². The number of nitrogens with one attached hydrogen (secondary N) is 1. The van der Waals surface area contributed by atoms with Crippen molar-refractivity contribution >= 4 is 5.91 Å². The molecule has 2 fully saturated rings. The van der Waals surface area contributed by atoms with E-state index in [4.69, 9.17) is 0 Å². The highest BCUT2D eigenvalue weighted by atomic mass is 16.2. The molecule has 0 aromatic heterocycles. The highest BCUT2D eigenvalue weighted by Gasteiger charge is 2.36. The van der Waals surface area contributed by atoms with Crippen LogP contribution in [0.25, 0.3) is 0 Å². The molecular weight excluding hydrogens is 188 g/mol. The van der Waals surface area contributed by atoms with Crippen LogP contribution in [0.4, 0.5) is 0 Å². The van der Waals surface area contributed by atoms with Crippen LogP contribution in [0.3, 0.4) is 0 Å². The lowest BCUT2D eigenvalue weighted by molar-refractivity contribution is -0.135. The Morgan fingerprint density at radius 3 is 2.73 bits per heavy atom. The van der Waals surface area contributed by atoms with Gasteiger partial charge in [-0.25, -0.2) is 0 Å². The summed E-state index contributed by atoms with van der Waals surface area (Å²) in [5.74, 6) is 2.01. The molecule has 0 bridgehead atoms. The van der Waals surface area contributed by atoms with E-state index in [9.17, 15) is 4.79 Å². The van der Waals surface area contributed by atoms with Gasteiger partial charge >= 0.3 is 0 Å². The van der Waals surface area contributed by atoms with Gasteiger partial charge in [-0.1, -0.05) is 0 Å². The van der Waals surface area contributed by atoms with Crippen LogP contribution in [0.15, 0.2) is 0 Å². The van der Waals surface area contributed by atoms with Crippen molar-refractivity contribution in [3.63, 3.8) is 0 Å². The van der Waals surface area contributed by atoms with Crippen molar-refractivity contribution in [2.24, 2.45) is 11.8 Å². The van der Waals surface area contributed by atoms with Gasteiger partial charge < -0.3 is 10.2 Å². The average Bonchev–Trinajstić information content (AvgIpc) is 3.04. The lowest BCUT2D eigenvalue weighted by atomic mass is 9.91. The molecular formula is C12H22N2O. The quantitative estimate of drug-likeness (QED) is 0.693. The van der Waals surface area contributed by atoms with Crippen LogP contribution in [-0.4, -0.2) is 37.5 Å². The van der Waals surface area contributed by atoms with Crippen LogP contribution < -0.4 is 5.32 Å². The van der Waals surface area contributed by atoms with Gasteiger partial charge in [0.1, 0.15) is 0 Å². The van der Waals surface area contributed by atoms with Gasteiger partial charge in [-0.3, -0.25) is 4.79 Å². The average molecular weight is 210 g/mol. The van der Waals surface area contributed by atoms with E-state index in [0.29, 0.717) is 5.91 Å². The topological polar surface area (TPSA) is 32.3 Å². The summed E-state index contributed by atoms with van der Waals surface area (Å²) < 4.78 is 0. The molecule has 1 atom stereocenters. The standard InChI is InChI=1S/C12H22N2O/c1-13-6-2-7-14-8-5-11(9-12(14)15)10-3-4-10/h10-11,13H,2-9H2,1H3. The summed E-state index contributed by atoms with van der Waals surface area (Å²) in [5.41, 5.74) is 0. The van der Waals surface area contributed by atoms with Crippen LogP contribution in [0.1, 0.15) is 32.1 Å². The maximum absolute atomic E-state index is 11.8. The van der Waals surface area contributed by atoms with E-state index in [2.05, 4.69) is 10.2 Å². The molecule has 1 saturated carbocycles. The third kappa shape index (κ3) is 2.94. The predicted octanol–water partition coefficient (Wildman–Crippen LogP) is 1.24. The van der Waals surface area contributed by atoms with Crippen molar-refractivity contribution in [3.05, 3.63) is 0 Å². The van der Waals surface area contributed by atoms with Crippen LogP contribution in [0.2, 0.25) is 0 Å². The Bertz CT molecular complexity index is 226. The van der Waals surface area contributed by atoms with E-state index in [0.717, 1.165) is 44.3 Å². The summed E-state index contributed by atoms with van der Waals surface area (Å²) in [4.78, 5) is 13.9. The number of likely N-dealkylation sites (tertiary alicyclic amines) is 1. The molecule has 3 heteroatoms. The number of nitrogens with zero attached hydrogens (tertiary/aromatic N) is 1. The Morgan fingerprint density at radius 2 is 2.13 bits per heavy atom. The van der Waals surface area contributed by atoms with E-state index in [-0.39, 0.29) is 0 Å². The lowest BCUT2D eigenvalue weighted by Gasteiger charge is -2.31. The maximum atomic E-state index is 11.8. The summed E-state index contributed by atoms with van der Waals surface area (Å²) in [6.07, 6.45) is 5.89. The molecule has 2 rings (SSSR count). The van der Waals surface area contributed by atoms with Gasteiger partial charge in [0, 0.05) is 19.5 Å². The van der Waals surface area contributed by atoms with Crippen LogP contribution >= 0.6 is 0 Å². The van der Waals surface area contributed by atoms with Gasteiger partial charge in [0.25, 0.3) is 0 Å². The number of carbonyl (C=O) groups excluding carboxylic acids is 1. The molecule has 15 heavy (non-hydrogen) atoms. The molecule has 1 heterocycles. The molecule has 1 amide bonds. The fraction of sp³-hybridized carbons (Fsp3) is 0.917. The summed E-state index contributed by atoms with van der Waals surface area (Å²) in [5, 5.41) is 3.12. The number of rotatable bonds is 5. The number of amides is 1. The third-order valence-electron chi connectivity index (χ3n) is 3.70. The Morgan fingerprint density at radius 1 is 1.33 bits per heavy atom. The van der Waals surface area contributed by atoms with Crippen molar-refractivity contribution in [1.82, 2.24) is 10.2 Å². The van der Waals surface area contributed by atoms with Crippen molar-refractivity contribution in [2.75, 3.05) is 26.7 Å². The second kappa shape index (κ2) is 4.97. The molecule has 0 radical (unpaired) electrons. The molecule has 1 unspecified atom stereocenters. The monoisotopic (exact) mass is 210 g/mol. The highest BCUT2D eigenvalue weighted by Crippen LogP contribution is 2.41. The molecule has 3 nitrogen and oxygen atoms in total. The summed E-state index contributed by atoms with van der Waals surface area (Å²) in [6, 6.07) is 0. The Balaban J connectivity index is 1.71. The van der Waals surface area contributed by atoms with E-state index in [1.807, 2.05) is 7.05 Å². The van der Waals surface area contributed by atoms with E-state index < -0.39 is 0 Å². The van der Waals surface area contributed by atoms with Gasteiger partial charge in [-0.15, -0.1) is 0 Å². The summed E-state index contributed by atoms with van der Waals surface area (Å²) in [6.45, 7) is 2.95. The summed E-state index contributed by atoms with van der Waals surface area (Å²) >= 11 is 0. The molecule has 1 aliphatic heterocycles. The SMILES string of the molecule is CNCCCN1CCC(C2CC2)CC1=O. The van der Waals surface area contributed by atoms with E-state index in [1.54, 1.807) is 0 Å². The molecule has 1 aliphatic carbocycles. The molecule has 0 aromatic rings. The minimum Gasteiger partial charge on any atom is -0.343 e. The van der Waals surface area contributed by atoms with E-state index in [1.165, 1.54) is 19.3 Å². The number of carbonyl (C=O) groups is 1. The molecule has 86 valence electrons. The first-order chi connectivity index (χ1) is 7.31. The predicted molar refractivity (Wildman–Crippen MR) is 60.6 cm³/mol. The van der Waals surface area contributed by atoms with E-state index >= 15 is 0 Å². The second-order valence-corrected chi connectivity index (χ2v) is 4.93. The van der Waals surface area contributed by atoms with Crippen molar-refractivity contribution in [2.45, 2.75) is 32.1 Å². The smallest absolute Gasteiger partial charge is 0.222 e. The van der Waals surface area contributed by atoms with Crippen molar-refractivity contribution in [1.29, 1.82) is 0 Å². The second-order valence-electron chi connectivity index (χ2n) is 4.93. The number of piperidine rings is 1. The van der Waals surface area contributed by atoms with Crippen molar-refractivity contribution < 1.29 is 4.79 Å². The fourth-order valence-corrected chi connectivity index (χ4v) is 2.56. The number of hydrogen-bond donors (Lipinski definition) is 1. The first-order valence-corrected chi connectivity index (χ1v) is 6.23. The zero-order valence-electron chi connectivity index (χ0n) is 9.67. The molecule has 0 aromatic carbocycles. The zero-order valence-corrected chi connectivity index (χ0v) is 9.67. The maximum Gasteiger partial charge on any atom is 0.222 e. The Labute approximate surface area is 92.2 Å². The number of hydrogen-bond acceptors (Lipinski definition) is 2. The molecule has 1 N–H and O–H groups in total. The summed E-state index contributed by atoms with van der Waals surface area (Å²) in [7, 11) is 1.96. The molecule has 1 saturated heterocycles. The van der Waals surface area contributed by atoms with Gasteiger partial charge in [0.05, 0.1) is 0 Å². The van der Waals surface area contributed by atoms with Gasteiger partial charge in [-0.2, -0.15) is 0 Å². The first kappa shape index (κ1) is 10.9. The zero-order chi connectivity index (χ0) is 10.7.